The first kappa shape index (κ1) is 26.5. The Bertz CT molecular complexity index is 1110. The van der Waals surface area contributed by atoms with Gasteiger partial charge in [-0.2, -0.15) is 11.3 Å². The lowest BCUT2D eigenvalue weighted by atomic mass is 9.85. The molecule has 0 aliphatic carbocycles. The molecule has 186 valence electrons. The van der Waals surface area contributed by atoms with Gasteiger partial charge in [-0.15, -0.1) is 0 Å². The van der Waals surface area contributed by atoms with Gasteiger partial charge >= 0.3 is 5.97 Å². The molecule has 35 heavy (non-hydrogen) atoms. The van der Waals surface area contributed by atoms with Crippen LogP contribution in [0.4, 0.5) is 11.4 Å². The number of hydrogen-bond acceptors (Lipinski definition) is 7. The summed E-state index contributed by atoms with van der Waals surface area (Å²) in [5.41, 5.74) is 2.80. The van der Waals surface area contributed by atoms with E-state index in [1.54, 1.807) is 16.2 Å². The van der Waals surface area contributed by atoms with Gasteiger partial charge in [0.25, 0.3) is 5.17 Å². The van der Waals surface area contributed by atoms with Gasteiger partial charge in [0.15, 0.2) is 0 Å². The van der Waals surface area contributed by atoms with Gasteiger partial charge in [-0.05, 0) is 53.5 Å². The molecule has 0 atom stereocenters. The number of benzene rings is 2. The van der Waals surface area contributed by atoms with Crippen LogP contribution >= 0.6 is 23.6 Å². The van der Waals surface area contributed by atoms with E-state index in [1.807, 2.05) is 69.4 Å². The Balaban J connectivity index is 1.55. The van der Waals surface area contributed by atoms with E-state index in [0.717, 1.165) is 23.5 Å². The molecule has 0 fully saturated rings. The minimum Gasteiger partial charge on any atom is -0.492 e. The van der Waals surface area contributed by atoms with Crippen LogP contribution in [0.25, 0.3) is 0 Å². The van der Waals surface area contributed by atoms with E-state index in [4.69, 9.17) is 26.4 Å². The summed E-state index contributed by atoms with van der Waals surface area (Å²) in [6.07, 6.45) is 0. The Hall–Kier alpha value is -3.10. The number of hydrogen-bond donors (Lipinski definition) is 0. The lowest BCUT2D eigenvalue weighted by Gasteiger charge is -2.25. The maximum atomic E-state index is 11.2. The number of rotatable bonds is 10. The predicted molar refractivity (Wildman–Crippen MR) is 147 cm³/mol. The summed E-state index contributed by atoms with van der Waals surface area (Å²) in [5.74, 6) is 1.12. The Morgan fingerprint density at radius 1 is 1.03 bits per heavy atom. The quantitative estimate of drug-likeness (QED) is 0.247. The van der Waals surface area contributed by atoms with Crippen LogP contribution < -0.4 is 19.3 Å². The van der Waals surface area contributed by atoms with Crippen molar-refractivity contribution in [3.63, 3.8) is 0 Å². The van der Waals surface area contributed by atoms with Crippen molar-refractivity contribution in [2.45, 2.75) is 26.2 Å². The van der Waals surface area contributed by atoms with Gasteiger partial charge < -0.3 is 24.0 Å². The summed E-state index contributed by atoms with van der Waals surface area (Å²) in [4.78, 5) is 15.1. The molecule has 0 saturated heterocycles. The topological polar surface area (TPSA) is 51.2 Å². The van der Waals surface area contributed by atoms with Crippen molar-refractivity contribution in [2.75, 3.05) is 43.7 Å². The third kappa shape index (κ3) is 7.70. The number of likely N-dealkylation sites (N-methyl/N-ethyl adjacent to an activating group) is 1. The first-order chi connectivity index (χ1) is 16.7. The molecule has 0 saturated carbocycles. The second-order valence-electron chi connectivity index (χ2n) is 8.86. The van der Waals surface area contributed by atoms with Crippen molar-refractivity contribution in [1.82, 2.24) is 0 Å². The number of thiocarbonyl (C=S) groups is 1. The molecular weight excluding hydrogens is 480 g/mol. The van der Waals surface area contributed by atoms with Gasteiger partial charge in [0.05, 0.1) is 6.54 Å². The molecule has 0 aliphatic rings. The third-order valence-corrected chi connectivity index (χ3v) is 6.63. The number of ether oxygens (including phenoxy) is 3. The zero-order chi connectivity index (χ0) is 25.4. The number of thiophene rings is 1. The molecule has 0 N–H and O–H groups in total. The number of esters is 1. The summed E-state index contributed by atoms with van der Waals surface area (Å²) in [6.45, 7) is 7.13. The highest BCUT2D eigenvalue weighted by Gasteiger charge is 2.22. The van der Waals surface area contributed by atoms with Gasteiger partial charge in [0, 0.05) is 49.3 Å². The first-order valence-corrected chi connectivity index (χ1v) is 12.7. The fourth-order valence-corrected chi connectivity index (χ4v) is 4.20. The SMILES string of the molecule is CC(=O)OCC(C)(C)c1ccc(OC(=S)N(C)c2cccc(OCCN(C)c3ccsc3)c2)cc1. The van der Waals surface area contributed by atoms with Crippen LogP contribution in [0, 0.1) is 0 Å². The first-order valence-electron chi connectivity index (χ1n) is 11.3. The molecule has 3 aromatic rings. The Labute approximate surface area is 217 Å². The molecule has 0 amide bonds. The van der Waals surface area contributed by atoms with Gasteiger partial charge in [0.1, 0.15) is 24.7 Å². The molecule has 3 rings (SSSR count). The van der Waals surface area contributed by atoms with E-state index in [-0.39, 0.29) is 11.4 Å². The molecule has 2 aromatic carbocycles. The van der Waals surface area contributed by atoms with Gasteiger partial charge in [-0.1, -0.05) is 32.0 Å². The van der Waals surface area contributed by atoms with E-state index >= 15 is 0 Å². The molecule has 0 radical (unpaired) electrons. The van der Waals surface area contributed by atoms with Crippen molar-refractivity contribution >= 4 is 46.1 Å². The smallest absolute Gasteiger partial charge is 0.302 e. The van der Waals surface area contributed by atoms with Gasteiger partial charge in [-0.25, -0.2) is 0 Å². The normalized spacial score (nSPS) is 11.0. The second-order valence-corrected chi connectivity index (χ2v) is 9.99. The Morgan fingerprint density at radius 3 is 2.43 bits per heavy atom. The standard InChI is InChI=1S/C27H32N2O4S2/c1-20(30)32-19-27(2,3)21-9-11-24(12-10-21)33-26(34)29(5)22-7-6-8-25(17-22)31-15-14-28(4)23-13-16-35-18-23/h6-13,16-18H,14-15,19H2,1-5H3. The fourth-order valence-electron chi connectivity index (χ4n) is 3.30. The van der Waals surface area contributed by atoms with Crippen molar-refractivity contribution in [2.24, 2.45) is 0 Å². The molecule has 0 unspecified atom stereocenters. The molecule has 0 bridgehead atoms. The average molecular weight is 513 g/mol. The highest BCUT2D eigenvalue weighted by molar-refractivity contribution is 7.80. The lowest BCUT2D eigenvalue weighted by molar-refractivity contribution is -0.142. The van der Waals surface area contributed by atoms with E-state index in [1.165, 1.54) is 12.6 Å². The number of anilines is 2. The van der Waals surface area contributed by atoms with E-state index in [9.17, 15) is 4.79 Å². The minimum absolute atomic E-state index is 0.286. The summed E-state index contributed by atoms with van der Waals surface area (Å²) >= 11 is 7.21. The van der Waals surface area contributed by atoms with Crippen molar-refractivity contribution in [1.29, 1.82) is 0 Å². The molecule has 1 aromatic heterocycles. The Morgan fingerprint density at radius 2 is 1.77 bits per heavy atom. The van der Waals surface area contributed by atoms with E-state index in [2.05, 4.69) is 28.8 Å². The number of carbonyl (C=O) groups excluding carboxylic acids is 1. The predicted octanol–water partition coefficient (Wildman–Crippen LogP) is 5.90. The fraction of sp³-hybridized carbons (Fsp3) is 0.333. The van der Waals surface area contributed by atoms with Crippen molar-refractivity contribution < 1.29 is 19.0 Å². The molecule has 0 aliphatic heterocycles. The Kier molecular flexibility index (Phi) is 9.12. The van der Waals surface area contributed by atoms with Crippen LogP contribution in [0.2, 0.25) is 0 Å². The highest BCUT2D eigenvalue weighted by Crippen LogP contribution is 2.27. The average Bonchev–Trinajstić information content (AvgIpc) is 3.38. The molecule has 1 heterocycles. The summed E-state index contributed by atoms with van der Waals surface area (Å²) in [6, 6.07) is 17.5. The maximum absolute atomic E-state index is 11.2. The largest absolute Gasteiger partial charge is 0.492 e. The third-order valence-electron chi connectivity index (χ3n) is 5.60. The van der Waals surface area contributed by atoms with Crippen LogP contribution in [0.5, 0.6) is 11.5 Å². The van der Waals surface area contributed by atoms with Crippen LogP contribution in [0.1, 0.15) is 26.3 Å². The minimum atomic E-state index is -0.305. The highest BCUT2D eigenvalue weighted by atomic mass is 32.1. The van der Waals surface area contributed by atoms with Gasteiger partial charge in [-0.3, -0.25) is 4.79 Å². The van der Waals surface area contributed by atoms with Crippen molar-refractivity contribution in [3.05, 3.63) is 70.9 Å². The zero-order valence-corrected chi connectivity index (χ0v) is 22.4. The lowest BCUT2D eigenvalue weighted by Crippen LogP contribution is -2.29. The molecule has 6 nitrogen and oxygen atoms in total. The maximum Gasteiger partial charge on any atom is 0.302 e. The monoisotopic (exact) mass is 512 g/mol. The van der Waals surface area contributed by atoms with Crippen LogP contribution in [0.3, 0.4) is 0 Å². The summed E-state index contributed by atoms with van der Waals surface area (Å²) in [5, 5.41) is 4.51. The van der Waals surface area contributed by atoms with Crippen molar-refractivity contribution in [3.8, 4) is 11.5 Å². The zero-order valence-electron chi connectivity index (χ0n) is 20.8. The molecule has 8 heteroatoms. The second kappa shape index (κ2) is 12.0. The molecular formula is C27H32N2O4S2. The van der Waals surface area contributed by atoms with E-state index < -0.39 is 0 Å². The summed E-state index contributed by atoms with van der Waals surface area (Å²) < 4.78 is 17.1. The number of carbonyl (C=O) groups is 1. The van der Waals surface area contributed by atoms with E-state index in [0.29, 0.717) is 24.1 Å². The van der Waals surface area contributed by atoms with Gasteiger partial charge in [0.2, 0.25) is 0 Å². The van der Waals surface area contributed by atoms with Crippen LogP contribution in [-0.4, -0.2) is 45.0 Å². The van der Waals surface area contributed by atoms with Crippen LogP contribution in [-0.2, 0) is 14.9 Å². The van der Waals surface area contributed by atoms with Crippen LogP contribution in [0.15, 0.2) is 65.4 Å². The number of nitrogens with zero attached hydrogens (tertiary/aromatic N) is 2. The summed E-state index contributed by atoms with van der Waals surface area (Å²) in [7, 11) is 3.92. The molecule has 0 spiro atoms.